The monoisotopic (exact) mass is 454 g/mol. The number of hydrogen-bond acceptors (Lipinski definition) is 7. The van der Waals surface area contributed by atoms with E-state index < -0.39 is 0 Å². The summed E-state index contributed by atoms with van der Waals surface area (Å²) >= 11 is 1.53. The first-order valence-corrected chi connectivity index (χ1v) is 11.3. The maximum atomic E-state index is 12.9. The van der Waals surface area contributed by atoms with E-state index in [1.165, 1.54) is 11.3 Å². The lowest BCUT2D eigenvalue weighted by molar-refractivity contribution is 0.102. The average Bonchev–Trinajstić information content (AvgIpc) is 3.23. The zero-order valence-corrected chi connectivity index (χ0v) is 18.2. The van der Waals surface area contributed by atoms with Gasteiger partial charge in [-0.25, -0.2) is 4.98 Å². The maximum absolute atomic E-state index is 12.9. The molecule has 1 N–H and O–H groups in total. The van der Waals surface area contributed by atoms with E-state index in [9.17, 15) is 4.79 Å². The van der Waals surface area contributed by atoms with Crippen molar-refractivity contribution in [3.05, 3.63) is 78.8 Å². The SMILES string of the molecule is O=C(Nc1csc(-c2nncn2C2CC2)c1)c1cc(-n2cnc(-c3cccnc3)c2)ccn1. The summed E-state index contributed by atoms with van der Waals surface area (Å²) in [6.07, 6.45) is 12.8. The molecule has 10 heteroatoms. The Kier molecular flexibility index (Phi) is 4.76. The van der Waals surface area contributed by atoms with Gasteiger partial charge in [0.2, 0.25) is 0 Å². The Bertz CT molecular complexity index is 1430. The van der Waals surface area contributed by atoms with E-state index in [0.717, 1.165) is 40.5 Å². The van der Waals surface area contributed by atoms with Crippen LogP contribution in [0.5, 0.6) is 0 Å². The molecule has 1 aliphatic rings. The van der Waals surface area contributed by atoms with Gasteiger partial charge >= 0.3 is 0 Å². The minimum atomic E-state index is -0.280. The number of imidazole rings is 1. The second kappa shape index (κ2) is 8.06. The first-order valence-electron chi connectivity index (χ1n) is 10.5. The fourth-order valence-electron chi connectivity index (χ4n) is 3.58. The molecule has 0 spiro atoms. The Morgan fingerprint density at radius 1 is 1.12 bits per heavy atom. The largest absolute Gasteiger partial charge is 0.320 e. The van der Waals surface area contributed by atoms with Crippen molar-refractivity contribution >= 4 is 22.9 Å². The van der Waals surface area contributed by atoms with Gasteiger partial charge in [0.15, 0.2) is 5.82 Å². The van der Waals surface area contributed by atoms with Crippen molar-refractivity contribution in [1.29, 1.82) is 0 Å². The maximum Gasteiger partial charge on any atom is 0.274 e. The highest BCUT2D eigenvalue weighted by Gasteiger charge is 2.27. The molecule has 0 bridgehead atoms. The third-order valence-electron chi connectivity index (χ3n) is 5.41. The molecule has 1 fully saturated rings. The van der Waals surface area contributed by atoms with Gasteiger partial charge in [0.1, 0.15) is 12.0 Å². The summed E-state index contributed by atoms with van der Waals surface area (Å²) in [5.41, 5.74) is 3.54. The minimum absolute atomic E-state index is 0.280. The first kappa shape index (κ1) is 19.5. The molecule has 5 heterocycles. The number of rotatable bonds is 6. The van der Waals surface area contributed by atoms with Gasteiger partial charge in [0.25, 0.3) is 5.91 Å². The molecular weight excluding hydrogens is 436 g/mol. The molecule has 0 aromatic carbocycles. The lowest BCUT2D eigenvalue weighted by atomic mass is 10.2. The standard InChI is InChI=1S/C23H18N8OS/c32-23(28-16-8-21(33-12-16)22-29-27-14-31(22)17-3-4-17)19-9-18(5-7-25-19)30-11-20(26-13-30)15-2-1-6-24-10-15/h1-2,5-14,17H,3-4H2,(H,28,32). The summed E-state index contributed by atoms with van der Waals surface area (Å²) in [6.45, 7) is 0. The lowest BCUT2D eigenvalue weighted by Gasteiger charge is -2.06. The van der Waals surface area contributed by atoms with Crippen molar-refractivity contribution in [2.24, 2.45) is 0 Å². The van der Waals surface area contributed by atoms with Gasteiger partial charge in [0.05, 0.1) is 28.3 Å². The van der Waals surface area contributed by atoms with E-state index in [-0.39, 0.29) is 5.91 Å². The van der Waals surface area contributed by atoms with Gasteiger partial charge in [-0.15, -0.1) is 21.5 Å². The fraction of sp³-hybridized carbons (Fsp3) is 0.130. The molecule has 9 nitrogen and oxygen atoms in total. The molecule has 0 aliphatic heterocycles. The number of aromatic nitrogens is 7. The first-order chi connectivity index (χ1) is 16.2. The van der Waals surface area contributed by atoms with Crippen LogP contribution in [0.4, 0.5) is 5.69 Å². The van der Waals surface area contributed by atoms with E-state index in [2.05, 4.69) is 35.0 Å². The van der Waals surface area contributed by atoms with E-state index >= 15 is 0 Å². The summed E-state index contributed by atoms with van der Waals surface area (Å²) in [5, 5.41) is 13.1. The van der Waals surface area contributed by atoms with Crippen molar-refractivity contribution < 1.29 is 4.79 Å². The molecule has 0 unspecified atom stereocenters. The van der Waals surface area contributed by atoms with Crippen LogP contribution in [-0.4, -0.2) is 40.2 Å². The van der Waals surface area contributed by atoms with Crippen molar-refractivity contribution in [2.45, 2.75) is 18.9 Å². The van der Waals surface area contributed by atoms with Crippen LogP contribution in [0.1, 0.15) is 29.4 Å². The molecule has 5 aromatic rings. The highest BCUT2D eigenvalue weighted by Crippen LogP contribution is 2.39. The van der Waals surface area contributed by atoms with Crippen molar-refractivity contribution in [2.75, 3.05) is 5.32 Å². The zero-order valence-electron chi connectivity index (χ0n) is 17.4. The van der Waals surface area contributed by atoms with Crippen LogP contribution in [0, 0.1) is 0 Å². The average molecular weight is 455 g/mol. The molecule has 33 heavy (non-hydrogen) atoms. The third-order valence-corrected chi connectivity index (χ3v) is 6.33. The summed E-state index contributed by atoms with van der Waals surface area (Å²) in [7, 11) is 0. The Balaban J connectivity index is 1.20. The summed E-state index contributed by atoms with van der Waals surface area (Å²) in [6, 6.07) is 9.80. The lowest BCUT2D eigenvalue weighted by Crippen LogP contribution is -2.13. The quantitative estimate of drug-likeness (QED) is 0.412. The number of amides is 1. The number of nitrogens with zero attached hydrogens (tertiary/aromatic N) is 7. The number of pyridine rings is 2. The normalized spacial score (nSPS) is 13.2. The Hall–Kier alpha value is -4.18. The van der Waals surface area contributed by atoms with Gasteiger partial charge in [-0.3, -0.25) is 14.8 Å². The van der Waals surface area contributed by atoms with Crippen LogP contribution < -0.4 is 5.32 Å². The van der Waals surface area contributed by atoms with E-state index in [4.69, 9.17) is 0 Å². The van der Waals surface area contributed by atoms with Crippen molar-refractivity contribution in [3.63, 3.8) is 0 Å². The topological polar surface area (TPSA) is 103 Å². The Labute approximate surface area is 192 Å². The van der Waals surface area contributed by atoms with E-state index in [1.54, 1.807) is 37.3 Å². The number of carbonyl (C=O) groups is 1. The van der Waals surface area contributed by atoms with Crippen LogP contribution in [0.25, 0.3) is 27.6 Å². The zero-order chi connectivity index (χ0) is 22.2. The van der Waals surface area contributed by atoms with Crippen LogP contribution in [-0.2, 0) is 0 Å². The summed E-state index contributed by atoms with van der Waals surface area (Å²) in [4.78, 5) is 26.7. The molecule has 0 atom stereocenters. The molecule has 6 rings (SSSR count). The van der Waals surface area contributed by atoms with Gasteiger partial charge < -0.3 is 14.5 Å². The van der Waals surface area contributed by atoms with Crippen LogP contribution in [0.3, 0.4) is 0 Å². The molecule has 1 amide bonds. The molecule has 5 aromatic heterocycles. The smallest absolute Gasteiger partial charge is 0.274 e. The molecule has 0 radical (unpaired) electrons. The number of carbonyl (C=O) groups excluding carboxylic acids is 1. The number of anilines is 1. The van der Waals surface area contributed by atoms with Crippen LogP contribution in [0.15, 0.2) is 73.2 Å². The van der Waals surface area contributed by atoms with E-state index in [1.807, 2.05) is 40.4 Å². The number of nitrogens with one attached hydrogen (secondary N) is 1. The van der Waals surface area contributed by atoms with Crippen molar-refractivity contribution in [1.82, 2.24) is 34.3 Å². The highest BCUT2D eigenvalue weighted by molar-refractivity contribution is 7.14. The predicted octanol–water partition coefficient (Wildman–Crippen LogP) is 4.24. The number of thiophene rings is 1. The third kappa shape index (κ3) is 3.92. The molecule has 0 saturated heterocycles. The molecule has 1 aliphatic carbocycles. The summed E-state index contributed by atoms with van der Waals surface area (Å²) in [5.74, 6) is 0.560. The van der Waals surface area contributed by atoms with Crippen molar-refractivity contribution in [3.8, 4) is 27.6 Å². The van der Waals surface area contributed by atoms with Gasteiger partial charge in [-0.05, 0) is 43.2 Å². The molecule has 1 saturated carbocycles. The molecule has 162 valence electrons. The van der Waals surface area contributed by atoms with E-state index in [0.29, 0.717) is 17.4 Å². The van der Waals surface area contributed by atoms with Crippen LogP contribution >= 0.6 is 11.3 Å². The van der Waals surface area contributed by atoms with Gasteiger partial charge in [-0.2, -0.15) is 0 Å². The Morgan fingerprint density at radius 3 is 2.91 bits per heavy atom. The fourth-order valence-corrected chi connectivity index (χ4v) is 4.41. The predicted molar refractivity (Wildman–Crippen MR) is 124 cm³/mol. The Morgan fingerprint density at radius 2 is 2.06 bits per heavy atom. The number of hydrogen-bond donors (Lipinski definition) is 1. The van der Waals surface area contributed by atoms with Gasteiger partial charge in [0, 0.05) is 41.8 Å². The second-order valence-electron chi connectivity index (χ2n) is 7.75. The second-order valence-corrected chi connectivity index (χ2v) is 8.67. The molecular formula is C23H18N8OS. The van der Waals surface area contributed by atoms with Crippen LogP contribution in [0.2, 0.25) is 0 Å². The minimum Gasteiger partial charge on any atom is -0.320 e. The highest BCUT2D eigenvalue weighted by atomic mass is 32.1. The summed E-state index contributed by atoms with van der Waals surface area (Å²) < 4.78 is 3.96. The van der Waals surface area contributed by atoms with Gasteiger partial charge in [-0.1, -0.05) is 0 Å².